The first-order valence-corrected chi connectivity index (χ1v) is 6.26. The lowest BCUT2D eigenvalue weighted by molar-refractivity contribution is 0.0551. The van der Waals surface area contributed by atoms with E-state index in [1.165, 1.54) is 4.88 Å². The van der Waals surface area contributed by atoms with E-state index < -0.39 is 0 Å². The Morgan fingerprint density at radius 3 is 3.20 bits per heavy atom. The molecule has 1 aromatic heterocycles. The van der Waals surface area contributed by atoms with Crippen LogP contribution in [-0.2, 0) is 11.3 Å². The minimum Gasteiger partial charge on any atom is -0.395 e. The lowest BCUT2D eigenvalue weighted by atomic mass is 10.1. The second kappa shape index (κ2) is 5.61. The van der Waals surface area contributed by atoms with Crippen LogP contribution in [0.15, 0.2) is 17.5 Å². The van der Waals surface area contributed by atoms with Crippen molar-refractivity contribution in [1.82, 2.24) is 5.32 Å². The summed E-state index contributed by atoms with van der Waals surface area (Å²) in [6.07, 6.45) is 2.36. The van der Waals surface area contributed by atoms with Gasteiger partial charge >= 0.3 is 0 Å². The van der Waals surface area contributed by atoms with Crippen LogP contribution in [0.25, 0.3) is 0 Å². The fourth-order valence-corrected chi connectivity index (χ4v) is 2.53. The van der Waals surface area contributed by atoms with Crippen LogP contribution < -0.4 is 5.32 Å². The van der Waals surface area contributed by atoms with Gasteiger partial charge in [0.25, 0.3) is 0 Å². The van der Waals surface area contributed by atoms with Crippen molar-refractivity contribution < 1.29 is 9.84 Å². The molecule has 4 heteroatoms. The minimum atomic E-state index is 0.0783. The predicted molar refractivity (Wildman–Crippen MR) is 61.0 cm³/mol. The van der Waals surface area contributed by atoms with Crippen LogP contribution in [0.2, 0.25) is 0 Å². The zero-order valence-corrected chi connectivity index (χ0v) is 9.50. The smallest absolute Gasteiger partial charge is 0.0751 e. The van der Waals surface area contributed by atoms with E-state index in [4.69, 9.17) is 4.74 Å². The predicted octanol–water partition coefficient (Wildman–Crippen LogP) is 1.38. The summed E-state index contributed by atoms with van der Waals surface area (Å²) in [6, 6.07) is 4.22. The molecule has 1 aliphatic rings. The van der Waals surface area contributed by atoms with Gasteiger partial charge in [-0.2, -0.15) is 0 Å². The maximum absolute atomic E-state index is 9.28. The highest BCUT2D eigenvalue weighted by atomic mass is 32.1. The molecule has 2 atom stereocenters. The van der Waals surface area contributed by atoms with Crippen LogP contribution >= 0.6 is 11.3 Å². The number of ether oxygens (including phenoxy) is 1. The van der Waals surface area contributed by atoms with Crippen molar-refractivity contribution in [2.45, 2.75) is 31.5 Å². The van der Waals surface area contributed by atoms with Gasteiger partial charge in [-0.1, -0.05) is 6.07 Å². The molecule has 0 aromatic carbocycles. The van der Waals surface area contributed by atoms with Gasteiger partial charge in [0.2, 0.25) is 0 Å². The second-order valence-corrected chi connectivity index (χ2v) is 4.83. The first kappa shape index (κ1) is 11.1. The van der Waals surface area contributed by atoms with E-state index in [1.807, 2.05) is 6.07 Å². The molecular weight excluding hydrogens is 210 g/mol. The Bertz CT molecular complexity index is 270. The molecule has 15 heavy (non-hydrogen) atoms. The van der Waals surface area contributed by atoms with Crippen LogP contribution in [0.4, 0.5) is 0 Å². The van der Waals surface area contributed by atoms with E-state index in [9.17, 15) is 5.11 Å². The van der Waals surface area contributed by atoms with Gasteiger partial charge in [0.15, 0.2) is 0 Å². The highest BCUT2D eigenvalue weighted by Gasteiger charge is 2.24. The van der Waals surface area contributed by atoms with E-state index >= 15 is 0 Å². The topological polar surface area (TPSA) is 41.5 Å². The molecule has 2 heterocycles. The summed E-state index contributed by atoms with van der Waals surface area (Å²) in [5, 5.41) is 14.7. The summed E-state index contributed by atoms with van der Waals surface area (Å²) in [7, 11) is 0. The highest BCUT2D eigenvalue weighted by Crippen LogP contribution is 2.16. The van der Waals surface area contributed by atoms with Crippen molar-refractivity contribution in [2.75, 3.05) is 13.2 Å². The summed E-state index contributed by atoms with van der Waals surface area (Å²) in [6.45, 7) is 1.81. The Labute approximate surface area is 94.1 Å². The van der Waals surface area contributed by atoms with Crippen LogP contribution in [0.1, 0.15) is 17.7 Å². The first-order valence-electron chi connectivity index (χ1n) is 5.38. The maximum atomic E-state index is 9.28. The van der Waals surface area contributed by atoms with Crippen molar-refractivity contribution in [3.05, 3.63) is 22.4 Å². The number of aliphatic hydroxyl groups is 1. The lowest BCUT2D eigenvalue weighted by Crippen LogP contribution is -2.41. The van der Waals surface area contributed by atoms with E-state index in [1.54, 1.807) is 11.3 Å². The number of aliphatic hydroxyl groups excluding tert-OH is 1. The molecule has 1 aromatic rings. The number of nitrogens with one attached hydrogen (secondary N) is 1. The fourth-order valence-electron chi connectivity index (χ4n) is 1.88. The summed E-state index contributed by atoms with van der Waals surface area (Å²) < 4.78 is 5.56. The van der Waals surface area contributed by atoms with Crippen molar-refractivity contribution in [1.29, 1.82) is 0 Å². The molecule has 1 aliphatic heterocycles. The van der Waals surface area contributed by atoms with Gasteiger partial charge < -0.3 is 15.2 Å². The molecular formula is C11H17NO2S. The molecule has 2 rings (SSSR count). The highest BCUT2D eigenvalue weighted by molar-refractivity contribution is 7.09. The zero-order chi connectivity index (χ0) is 10.5. The Morgan fingerprint density at radius 1 is 1.67 bits per heavy atom. The van der Waals surface area contributed by atoms with Gasteiger partial charge in [0.05, 0.1) is 18.8 Å². The van der Waals surface area contributed by atoms with Crippen molar-refractivity contribution in [3.8, 4) is 0 Å². The van der Waals surface area contributed by atoms with E-state index in [0.29, 0.717) is 0 Å². The standard InChI is InChI=1S/C11H17NO2S/c13-8-10(11-4-1-5-14-11)12-7-9-3-2-6-15-9/h2-3,6,10-13H,1,4-5,7-8H2. The normalized spacial score (nSPS) is 23.1. The third kappa shape index (κ3) is 3.01. The number of rotatable bonds is 5. The van der Waals surface area contributed by atoms with Gasteiger partial charge in [0, 0.05) is 18.0 Å². The van der Waals surface area contributed by atoms with Crippen LogP contribution in [0.3, 0.4) is 0 Å². The molecule has 3 nitrogen and oxygen atoms in total. The Morgan fingerprint density at radius 2 is 2.60 bits per heavy atom. The molecule has 2 unspecified atom stereocenters. The Balaban J connectivity index is 1.80. The second-order valence-electron chi connectivity index (χ2n) is 3.80. The lowest BCUT2D eigenvalue weighted by Gasteiger charge is -2.21. The van der Waals surface area contributed by atoms with Gasteiger partial charge in [-0.25, -0.2) is 0 Å². The SMILES string of the molecule is OCC(NCc1cccs1)C1CCCO1. The summed E-state index contributed by atoms with van der Waals surface area (Å²) >= 11 is 1.73. The van der Waals surface area contributed by atoms with Crippen molar-refractivity contribution in [2.24, 2.45) is 0 Å². The van der Waals surface area contributed by atoms with Gasteiger partial charge in [-0.3, -0.25) is 0 Å². The van der Waals surface area contributed by atoms with Crippen LogP contribution in [-0.4, -0.2) is 30.5 Å². The average Bonchev–Trinajstić information content (AvgIpc) is 2.90. The first-order chi connectivity index (χ1) is 7.40. The van der Waals surface area contributed by atoms with Crippen molar-refractivity contribution in [3.63, 3.8) is 0 Å². The number of hydrogen-bond donors (Lipinski definition) is 2. The van der Waals surface area contributed by atoms with Gasteiger partial charge in [0.1, 0.15) is 0 Å². The molecule has 0 amide bonds. The molecule has 1 saturated heterocycles. The molecule has 2 N–H and O–H groups in total. The van der Waals surface area contributed by atoms with E-state index in [2.05, 4.69) is 16.8 Å². The van der Waals surface area contributed by atoms with Gasteiger partial charge in [-0.05, 0) is 24.3 Å². The van der Waals surface area contributed by atoms with Crippen LogP contribution in [0, 0.1) is 0 Å². The van der Waals surface area contributed by atoms with E-state index in [-0.39, 0.29) is 18.8 Å². The Kier molecular flexibility index (Phi) is 4.14. The molecule has 0 aliphatic carbocycles. The molecule has 0 spiro atoms. The summed E-state index contributed by atoms with van der Waals surface area (Å²) in [5.74, 6) is 0. The fraction of sp³-hybridized carbons (Fsp3) is 0.636. The number of hydrogen-bond acceptors (Lipinski definition) is 4. The molecule has 0 saturated carbocycles. The summed E-state index contributed by atoms with van der Waals surface area (Å²) in [4.78, 5) is 1.30. The molecule has 0 bridgehead atoms. The zero-order valence-electron chi connectivity index (χ0n) is 8.69. The quantitative estimate of drug-likeness (QED) is 0.798. The van der Waals surface area contributed by atoms with Crippen LogP contribution in [0.5, 0.6) is 0 Å². The Hall–Kier alpha value is -0.420. The monoisotopic (exact) mass is 227 g/mol. The average molecular weight is 227 g/mol. The third-order valence-corrected chi connectivity index (χ3v) is 3.61. The largest absolute Gasteiger partial charge is 0.395 e. The molecule has 84 valence electrons. The molecule has 1 fully saturated rings. The van der Waals surface area contributed by atoms with Gasteiger partial charge in [-0.15, -0.1) is 11.3 Å². The third-order valence-electron chi connectivity index (χ3n) is 2.73. The minimum absolute atomic E-state index is 0.0783. The number of thiophene rings is 1. The summed E-state index contributed by atoms with van der Waals surface area (Å²) in [5.41, 5.74) is 0. The van der Waals surface area contributed by atoms with E-state index in [0.717, 1.165) is 26.0 Å². The van der Waals surface area contributed by atoms with Crippen molar-refractivity contribution >= 4 is 11.3 Å². The maximum Gasteiger partial charge on any atom is 0.0751 e. The molecule has 0 radical (unpaired) electrons.